The number of rotatable bonds is 5. The van der Waals surface area contributed by atoms with Gasteiger partial charge in [-0.25, -0.2) is 9.78 Å². The number of nitrogens with zero attached hydrogens (tertiary/aromatic N) is 2. The van der Waals surface area contributed by atoms with E-state index in [2.05, 4.69) is 20.3 Å². The molecule has 0 aromatic carbocycles. The van der Waals surface area contributed by atoms with Crippen molar-refractivity contribution < 1.29 is 19.5 Å². The van der Waals surface area contributed by atoms with Crippen LogP contribution in [0.25, 0.3) is 0 Å². The molecule has 19 heavy (non-hydrogen) atoms. The zero-order valence-corrected chi connectivity index (χ0v) is 12.7. The third kappa shape index (κ3) is 6.06. The van der Waals surface area contributed by atoms with Gasteiger partial charge in [0.05, 0.1) is 0 Å². The normalized spacial score (nSPS) is 9.89. The molecule has 0 saturated carbocycles. The SMILES string of the molecule is CON=C(C(=O)O)c1csc(NC(=O)CCl)n1.Cl.Cl. The molecule has 1 heterocycles. The Kier molecular flexibility index (Phi) is 10.4. The second-order valence-electron chi connectivity index (χ2n) is 2.65. The van der Waals surface area contributed by atoms with Gasteiger partial charge in [-0.2, -0.15) is 0 Å². The van der Waals surface area contributed by atoms with Crippen molar-refractivity contribution in [1.29, 1.82) is 0 Å². The number of carboxylic acid groups (broad SMARTS) is 1. The number of amides is 1. The first kappa shape index (κ1) is 20.2. The summed E-state index contributed by atoms with van der Waals surface area (Å²) in [6, 6.07) is 0. The fourth-order valence-electron chi connectivity index (χ4n) is 0.879. The standard InChI is InChI=1S/C8H8ClN3O4S.2ClH/c1-16-12-6(7(14)15)4-3-17-8(10-4)11-5(13)2-9;;/h3H,2H2,1H3,(H,14,15)(H,10,11,13);2*1H. The summed E-state index contributed by atoms with van der Waals surface area (Å²) in [6.07, 6.45) is 0. The van der Waals surface area contributed by atoms with Crippen LogP contribution in [0.1, 0.15) is 5.69 Å². The van der Waals surface area contributed by atoms with Crippen LogP contribution in [0.5, 0.6) is 0 Å². The number of alkyl halides is 1. The molecule has 0 unspecified atom stereocenters. The molecule has 0 aliphatic rings. The van der Waals surface area contributed by atoms with E-state index in [1.54, 1.807) is 0 Å². The highest BCUT2D eigenvalue weighted by molar-refractivity contribution is 7.14. The first-order chi connectivity index (χ1) is 8.08. The van der Waals surface area contributed by atoms with E-state index < -0.39 is 11.9 Å². The van der Waals surface area contributed by atoms with E-state index in [1.807, 2.05) is 0 Å². The van der Waals surface area contributed by atoms with Gasteiger partial charge in [0.15, 0.2) is 5.13 Å². The maximum atomic E-state index is 11.0. The van der Waals surface area contributed by atoms with Gasteiger partial charge in [0.25, 0.3) is 0 Å². The Bertz CT molecular complexity index is 466. The fourth-order valence-corrected chi connectivity index (χ4v) is 1.66. The minimum Gasteiger partial charge on any atom is -0.476 e. The number of carboxylic acids is 1. The van der Waals surface area contributed by atoms with Crippen molar-refractivity contribution in [3.05, 3.63) is 11.1 Å². The van der Waals surface area contributed by atoms with E-state index in [0.717, 1.165) is 11.3 Å². The molecular weight excluding hydrogens is 341 g/mol. The van der Waals surface area contributed by atoms with Gasteiger partial charge >= 0.3 is 5.97 Å². The Morgan fingerprint density at radius 1 is 1.58 bits per heavy atom. The van der Waals surface area contributed by atoms with Crippen molar-refractivity contribution in [3.63, 3.8) is 0 Å². The molecule has 0 radical (unpaired) electrons. The van der Waals surface area contributed by atoms with Crippen molar-refractivity contribution in [3.8, 4) is 0 Å². The van der Waals surface area contributed by atoms with Gasteiger partial charge < -0.3 is 15.3 Å². The maximum Gasteiger partial charge on any atom is 0.360 e. The van der Waals surface area contributed by atoms with Crippen molar-refractivity contribution in [2.75, 3.05) is 18.3 Å². The molecule has 0 saturated heterocycles. The number of aromatic nitrogens is 1. The zero-order chi connectivity index (χ0) is 12.8. The summed E-state index contributed by atoms with van der Waals surface area (Å²) in [4.78, 5) is 30.1. The van der Waals surface area contributed by atoms with Gasteiger partial charge in [-0.1, -0.05) is 5.16 Å². The molecule has 1 amide bonds. The molecule has 1 aromatic rings. The number of carbonyl (C=O) groups excluding carboxylic acids is 1. The summed E-state index contributed by atoms with van der Waals surface area (Å²) in [5.41, 5.74) is -0.232. The van der Waals surface area contributed by atoms with Crippen LogP contribution in [-0.2, 0) is 14.4 Å². The second kappa shape index (κ2) is 9.79. The van der Waals surface area contributed by atoms with E-state index in [-0.39, 0.29) is 47.2 Å². The van der Waals surface area contributed by atoms with Crippen LogP contribution in [0.15, 0.2) is 10.5 Å². The Labute approximate surface area is 129 Å². The number of halogens is 3. The Morgan fingerprint density at radius 3 is 2.68 bits per heavy atom. The quantitative estimate of drug-likeness (QED) is 0.477. The van der Waals surface area contributed by atoms with Crippen LogP contribution in [0.4, 0.5) is 5.13 Å². The maximum absolute atomic E-state index is 11.0. The molecule has 0 fully saturated rings. The molecule has 1 aromatic heterocycles. The Morgan fingerprint density at radius 2 is 2.21 bits per heavy atom. The number of oxime groups is 1. The van der Waals surface area contributed by atoms with E-state index in [9.17, 15) is 9.59 Å². The third-order valence-corrected chi connectivity index (χ3v) is 2.50. The number of thiazole rings is 1. The van der Waals surface area contributed by atoms with E-state index in [4.69, 9.17) is 16.7 Å². The lowest BCUT2D eigenvalue weighted by atomic mass is 10.3. The smallest absolute Gasteiger partial charge is 0.360 e. The molecule has 11 heteroatoms. The van der Waals surface area contributed by atoms with Crippen LogP contribution in [0.3, 0.4) is 0 Å². The van der Waals surface area contributed by atoms with E-state index in [1.165, 1.54) is 12.5 Å². The molecule has 0 spiro atoms. The lowest BCUT2D eigenvalue weighted by molar-refractivity contribution is -0.129. The molecule has 0 atom stereocenters. The largest absolute Gasteiger partial charge is 0.476 e. The van der Waals surface area contributed by atoms with Crippen molar-refractivity contribution >= 4 is 70.5 Å². The average Bonchev–Trinajstić information content (AvgIpc) is 2.73. The van der Waals surface area contributed by atoms with Crippen LogP contribution in [0.2, 0.25) is 0 Å². The summed E-state index contributed by atoms with van der Waals surface area (Å²) in [7, 11) is 1.23. The lowest BCUT2D eigenvalue weighted by Gasteiger charge is -1.97. The van der Waals surface area contributed by atoms with Crippen LogP contribution >= 0.6 is 47.8 Å². The highest BCUT2D eigenvalue weighted by atomic mass is 35.5. The molecule has 0 aliphatic heterocycles. The summed E-state index contributed by atoms with van der Waals surface area (Å²) in [5, 5.41) is 16.3. The number of hydrogen-bond acceptors (Lipinski definition) is 6. The first-order valence-corrected chi connectivity index (χ1v) is 5.66. The summed E-state index contributed by atoms with van der Waals surface area (Å²) in [6.45, 7) is 0. The van der Waals surface area contributed by atoms with Crippen molar-refractivity contribution in [2.45, 2.75) is 0 Å². The number of aliphatic carboxylic acids is 1. The minimum atomic E-state index is -1.27. The van der Waals surface area contributed by atoms with Crippen molar-refractivity contribution in [1.82, 2.24) is 4.98 Å². The molecule has 108 valence electrons. The Hall–Kier alpha value is -1.09. The Balaban J connectivity index is 0. The summed E-state index contributed by atoms with van der Waals surface area (Å²) < 4.78 is 0. The molecule has 2 N–H and O–H groups in total. The summed E-state index contributed by atoms with van der Waals surface area (Å²) in [5.74, 6) is -1.90. The van der Waals surface area contributed by atoms with Crippen LogP contribution in [0, 0.1) is 0 Å². The van der Waals surface area contributed by atoms with Gasteiger partial charge in [0.1, 0.15) is 18.7 Å². The zero-order valence-electron chi connectivity index (χ0n) is 9.45. The van der Waals surface area contributed by atoms with Crippen LogP contribution < -0.4 is 5.32 Å². The average molecular weight is 351 g/mol. The number of anilines is 1. The lowest BCUT2D eigenvalue weighted by Crippen LogP contribution is -2.16. The minimum absolute atomic E-state index is 0. The highest BCUT2D eigenvalue weighted by Crippen LogP contribution is 2.16. The van der Waals surface area contributed by atoms with E-state index in [0.29, 0.717) is 0 Å². The van der Waals surface area contributed by atoms with E-state index >= 15 is 0 Å². The molecule has 0 aliphatic carbocycles. The predicted molar refractivity (Wildman–Crippen MR) is 77.1 cm³/mol. The van der Waals surface area contributed by atoms with Gasteiger partial charge in [-0.05, 0) is 0 Å². The van der Waals surface area contributed by atoms with Gasteiger partial charge in [0, 0.05) is 5.38 Å². The fraction of sp³-hybridized carbons (Fsp3) is 0.250. The first-order valence-electron chi connectivity index (χ1n) is 4.24. The summed E-state index contributed by atoms with van der Waals surface area (Å²) >= 11 is 6.36. The van der Waals surface area contributed by atoms with Gasteiger partial charge in [-0.3, -0.25) is 4.79 Å². The topological polar surface area (TPSA) is 101 Å². The van der Waals surface area contributed by atoms with Gasteiger partial charge in [0.2, 0.25) is 11.6 Å². The molecule has 0 bridgehead atoms. The second-order valence-corrected chi connectivity index (χ2v) is 3.77. The highest BCUT2D eigenvalue weighted by Gasteiger charge is 2.17. The van der Waals surface area contributed by atoms with Crippen molar-refractivity contribution in [2.24, 2.45) is 5.16 Å². The number of nitrogens with one attached hydrogen (secondary N) is 1. The molecular formula is C8H10Cl3N3O4S. The van der Waals surface area contributed by atoms with Crippen LogP contribution in [-0.4, -0.2) is 40.7 Å². The molecule has 1 rings (SSSR count). The monoisotopic (exact) mass is 349 g/mol. The van der Waals surface area contributed by atoms with Gasteiger partial charge in [-0.15, -0.1) is 47.8 Å². The predicted octanol–water partition coefficient (Wildman–Crippen LogP) is 1.60. The number of hydrogen-bond donors (Lipinski definition) is 2. The number of carbonyl (C=O) groups is 2. The molecule has 7 nitrogen and oxygen atoms in total. The third-order valence-electron chi connectivity index (χ3n) is 1.50.